The zero-order valence-corrected chi connectivity index (χ0v) is 13.5. The summed E-state index contributed by atoms with van der Waals surface area (Å²) in [6.45, 7) is 2.92. The number of rotatable bonds is 5. The van der Waals surface area contributed by atoms with Gasteiger partial charge in [-0.05, 0) is 56.2 Å². The van der Waals surface area contributed by atoms with Gasteiger partial charge in [0.25, 0.3) is 0 Å². The van der Waals surface area contributed by atoms with Crippen molar-refractivity contribution >= 4 is 10.0 Å². The topological polar surface area (TPSA) is 64.6 Å². The van der Waals surface area contributed by atoms with Crippen LogP contribution in [0.15, 0.2) is 18.2 Å². The average Bonchev–Trinajstić information content (AvgIpc) is 3.40. The first kappa shape index (κ1) is 14.3. The van der Waals surface area contributed by atoms with Gasteiger partial charge in [0.2, 0.25) is 10.0 Å². The monoisotopic (exact) mass is 323 g/mol. The second-order valence-electron chi connectivity index (χ2n) is 6.79. The third-order valence-corrected chi connectivity index (χ3v) is 7.17. The van der Waals surface area contributed by atoms with E-state index in [2.05, 4.69) is 4.72 Å². The zero-order valence-electron chi connectivity index (χ0n) is 12.7. The molecule has 1 N–H and O–H groups in total. The van der Waals surface area contributed by atoms with Gasteiger partial charge in [-0.1, -0.05) is 6.07 Å². The van der Waals surface area contributed by atoms with Crippen LogP contribution in [0.3, 0.4) is 0 Å². The van der Waals surface area contributed by atoms with Crippen molar-refractivity contribution in [3.05, 3.63) is 23.8 Å². The van der Waals surface area contributed by atoms with Gasteiger partial charge in [-0.25, -0.2) is 13.1 Å². The Hall–Kier alpha value is -1.27. The number of fused-ring (bicyclic) bond motifs is 1. The summed E-state index contributed by atoms with van der Waals surface area (Å²) in [5.41, 5.74) is 0.972. The van der Waals surface area contributed by atoms with Gasteiger partial charge in [-0.2, -0.15) is 0 Å². The minimum atomic E-state index is -3.28. The smallest absolute Gasteiger partial charge is 0.217 e. The summed E-state index contributed by atoms with van der Waals surface area (Å²) in [6.07, 6.45) is 3.64. The number of hydrogen-bond donors (Lipinski definition) is 1. The molecule has 1 heterocycles. The van der Waals surface area contributed by atoms with Gasteiger partial charge >= 0.3 is 0 Å². The maximum atomic E-state index is 12.6. The third-order valence-electron chi connectivity index (χ3n) is 4.90. The number of ether oxygens (including phenoxy) is 2. The first-order valence-corrected chi connectivity index (χ1v) is 9.38. The van der Waals surface area contributed by atoms with E-state index in [1.54, 1.807) is 0 Å². The lowest BCUT2D eigenvalue weighted by atomic mass is 10.0. The molecule has 1 aliphatic heterocycles. The molecule has 1 aromatic rings. The standard InChI is InChI=1S/C16H21NO4S/c1-16(6-7-16)22(18,19)17-15(11-2-3-11)12-4-5-13-14(10-12)21-9-8-20-13/h4-5,10-11,15,17H,2-3,6-9H2,1H3. The van der Waals surface area contributed by atoms with E-state index in [1.807, 2.05) is 25.1 Å². The molecule has 0 aromatic heterocycles. The van der Waals surface area contributed by atoms with Crippen molar-refractivity contribution in [1.82, 2.24) is 4.72 Å². The van der Waals surface area contributed by atoms with E-state index < -0.39 is 14.8 Å². The predicted molar refractivity (Wildman–Crippen MR) is 82.6 cm³/mol. The van der Waals surface area contributed by atoms with Crippen LogP contribution in [-0.4, -0.2) is 26.4 Å². The maximum Gasteiger partial charge on any atom is 0.217 e. The van der Waals surface area contributed by atoms with E-state index in [0.29, 0.717) is 24.9 Å². The van der Waals surface area contributed by atoms with E-state index in [4.69, 9.17) is 9.47 Å². The van der Waals surface area contributed by atoms with E-state index >= 15 is 0 Å². The molecule has 22 heavy (non-hydrogen) atoms. The summed E-state index contributed by atoms with van der Waals surface area (Å²) in [5.74, 6) is 1.84. The van der Waals surface area contributed by atoms with Crippen LogP contribution >= 0.6 is 0 Å². The van der Waals surface area contributed by atoms with Gasteiger partial charge in [0, 0.05) is 6.04 Å². The quantitative estimate of drug-likeness (QED) is 0.903. The van der Waals surface area contributed by atoms with Crippen LogP contribution in [0.1, 0.15) is 44.2 Å². The van der Waals surface area contributed by atoms with E-state index in [9.17, 15) is 8.42 Å². The molecule has 2 fully saturated rings. The molecular weight excluding hydrogens is 302 g/mol. The first-order chi connectivity index (χ1) is 10.5. The Morgan fingerprint density at radius 3 is 2.50 bits per heavy atom. The Morgan fingerprint density at radius 1 is 1.18 bits per heavy atom. The summed E-state index contributed by atoms with van der Waals surface area (Å²) in [6, 6.07) is 5.61. The van der Waals surface area contributed by atoms with Crippen molar-refractivity contribution in [2.24, 2.45) is 5.92 Å². The van der Waals surface area contributed by atoms with Gasteiger partial charge in [-0.15, -0.1) is 0 Å². The van der Waals surface area contributed by atoms with Crippen molar-refractivity contribution in [3.8, 4) is 11.5 Å². The summed E-state index contributed by atoms with van der Waals surface area (Å²) in [5, 5.41) is 0. The lowest BCUT2D eigenvalue weighted by Crippen LogP contribution is -2.37. The zero-order chi connectivity index (χ0) is 15.4. The predicted octanol–water partition coefficient (Wildman–Crippen LogP) is 2.38. The fourth-order valence-electron chi connectivity index (χ4n) is 2.87. The van der Waals surface area contributed by atoms with Gasteiger partial charge in [0.05, 0.1) is 4.75 Å². The highest BCUT2D eigenvalue weighted by molar-refractivity contribution is 7.91. The summed E-state index contributed by atoms with van der Waals surface area (Å²) < 4.78 is 38.6. The fourth-order valence-corrected chi connectivity index (χ4v) is 4.46. The van der Waals surface area contributed by atoms with Crippen LogP contribution in [0, 0.1) is 5.92 Å². The molecule has 2 aliphatic carbocycles. The summed E-state index contributed by atoms with van der Waals surface area (Å²) in [7, 11) is -3.28. The van der Waals surface area contributed by atoms with Crippen molar-refractivity contribution < 1.29 is 17.9 Å². The number of nitrogens with one attached hydrogen (secondary N) is 1. The van der Waals surface area contributed by atoms with Crippen LogP contribution < -0.4 is 14.2 Å². The Balaban J connectivity index is 1.62. The molecule has 2 saturated carbocycles. The summed E-state index contributed by atoms with van der Waals surface area (Å²) >= 11 is 0. The second kappa shape index (κ2) is 4.86. The van der Waals surface area contributed by atoms with E-state index in [-0.39, 0.29) is 6.04 Å². The average molecular weight is 323 g/mol. The molecule has 1 unspecified atom stereocenters. The SMILES string of the molecule is CC1(S(=O)(=O)NC(c2ccc3c(c2)OCCO3)C2CC2)CC1. The normalized spacial score (nSPS) is 23.9. The summed E-state index contributed by atoms with van der Waals surface area (Å²) in [4.78, 5) is 0. The minimum absolute atomic E-state index is 0.154. The van der Waals surface area contributed by atoms with Crippen molar-refractivity contribution in [2.75, 3.05) is 13.2 Å². The molecule has 0 saturated heterocycles. The third kappa shape index (κ3) is 2.48. The highest BCUT2D eigenvalue weighted by atomic mass is 32.2. The molecular formula is C16H21NO4S. The second-order valence-corrected chi connectivity index (χ2v) is 9.02. The van der Waals surface area contributed by atoms with Crippen molar-refractivity contribution in [3.63, 3.8) is 0 Å². The molecule has 5 nitrogen and oxygen atoms in total. The fraction of sp³-hybridized carbons (Fsp3) is 0.625. The highest BCUT2D eigenvalue weighted by Gasteiger charge is 2.51. The lowest BCUT2D eigenvalue weighted by Gasteiger charge is -2.24. The molecule has 120 valence electrons. The molecule has 1 aromatic carbocycles. The molecule has 0 spiro atoms. The van der Waals surface area contributed by atoms with E-state index in [1.165, 1.54) is 0 Å². The van der Waals surface area contributed by atoms with Gasteiger partial charge < -0.3 is 9.47 Å². The van der Waals surface area contributed by atoms with Gasteiger partial charge in [0.1, 0.15) is 13.2 Å². The van der Waals surface area contributed by atoms with E-state index in [0.717, 1.165) is 37.0 Å². The van der Waals surface area contributed by atoms with Crippen LogP contribution in [0.5, 0.6) is 11.5 Å². The molecule has 4 rings (SSSR count). The molecule has 0 bridgehead atoms. The number of hydrogen-bond acceptors (Lipinski definition) is 4. The van der Waals surface area contributed by atoms with Crippen LogP contribution in [0.25, 0.3) is 0 Å². The Labute approximate surface area is 131 Å². The maximum absolute atomic E-state index is 12.6. The lowest BCUT2D eigenvalue weighted by molar-refractivity contribution is 0.171. The molecule has 6 heteroatoms. The Bertz CT molecular complexity index is 692. The molecule has 0 radical (unpaired) electrons. The van der Waals surface area contributed by atoms with Crippen LogP contribution in [0.4, 0.5) is 0 Å². The largest absolute Gasteiger partial charge is 0.486 e. The number of sulfonamides is 1. The number of benzene rings is 1. The van der Waals surface area contributed by atoms with Crippen LogP contribution in [-0.2, 0) is 10.0 Å². The minimum Gasteiger partial charge on any atom is -0.486 e. The van der Waals surface area contributed by atoms with Crippen molar-refractivity contribution in [1.29, 1.82) is 0 Å². The highest BCUT2D eigenvalue weighted by Crippen LogP contribution is 2.47. The Kier molecular flexibility index (Phi) is 3.17. The molecule has 3 aliphatic rings. The first-order valence-electron chi connectivity index (χ1n) is 7.90. The van der Waals surface area contributed by atoms with Gasteiger partial charge in [-0.3, -0.25) is 0 Å². The molecule has 0 amide bonds. The van der Waals surface area contributed by atoms with Crippen LogP contribution in [0.2, 0.25) is 0 Å². The van der Waals surface area contributed by atoms with Crippen molar-refractivity contribution in [2.45, 2.75) is 43.4 Å². The Morgan fingerprint density at radius 2 is 1.86 bits per heavy atom. The van der Waals surface area contributed by atoms with Gasteiger partial charge in [0.15, 0.2) is 11.5 Å². The molecule has 1 atom stereocenters.